The van der Waals surface area contributed by atoms with E-state index in [2.05, 4.69) is 17.9 Å². The quantitative estimate of drug-likeness (QED) is 0.0551. The van der Waals surface area contributed by atoms with Crippen molar-refractivity contribution >= 4 is 18.5 Å². The van der Waals surface area contributed by atoms with Gasteiger partial charge < -0.3 is 88.8 Å². The molecule has 0 aromatic carbocycles. The molecule has 0 unspecified atom stereocenters. The first kappa shape index (κ1) is 45.8. The Hall–Kier alpha value is -0.860. The van der Waals surface area contributed by atoms with Gasteiger partial charge in [-0.2, -0.15) is 12.6 Å². The number of methoxy groups -OCH3 is 1. The predicted molar refractivity (Wildman–Crippen MR) is 187 cm³/mol. The van der Waals surface area contributed by atoms with Crippen LogP contribution < -0.4 is 5.32 Å². The van der Waals surface area contributed by atoms with Gasteiger partial charge >= 0.3 is 0 Å². The topological polar surface area (TPSA) is 274 Å². The first-order valence-corrected chi connectivity index (χ1v) is 19.2. The molecule has 1 amide bonds. The van der Waals surface area contributed by atoms with Gasteiger partial charge in [0.05, 0.1) is 43.0 Å². The smallest absolute Gasteiger partial charge is 0.222 e. The van der Waals surface area contributed by atoms with Crippen molar-refractivity contribution in [3.63, 3.8) is 0 Å². The summed E-state index contributed by atoms with van der Waals surface area (Å²) < 4.78 is 52.6. The van der Waals surface area contributed by atoms with E-state index in [9.17, 15) is 45.6 Å². The van der Waals surface area contributed by atoms with E-state index in [4.69, 9.17) is 42.6 Å². The lowest BCUT2D eigenvalue weighted by molar-refractivity contribution is -0.387. The Bertz CT molecular complexity index is 1150. The summed E-state index contributed by atoms with van der Waals surface area (Å²) in [6.45, 7) is 7.79. The zero-order chi connectivity index (χ0) is 40.0. The summed E-state index contributed by atoms with van der Waals surface area (Å²) >= 11 is 4.21. The molecule has 4 aliphatic heterocycles. The second-order valence-corrected chi connectivity index (χ2v) is 15.0. The van der Waals surface area contributed by atoms with Crippen molar-refractivity contribution in [2.24, 2.45) is 0 Å². The van der Waals surface area contributed by atoms with Gasteiger partial charge in [0.1, 0.15) is 67.1 Å². The minimum atomic E-state index is -1.77. The van der Waals surface area contributed by atoms with Crippen LogP contribution in [0.5, 0.6) is 0 Å². The molecule has 4 fully saturated rings. The van der Waals surface area contributed by atoms with Gasteiger partial charge in [-0.3, -0.25) is 4.79 Å². The van der Waals surface area contributed by atoms with Gasteiger partial charge in [-0.25, -0.2) is 0 Å². The number of carbonyl (C=O) groups excluding carboxylic acids is 1. The van der Waals surface area contributed by atoms with Gasteiger partial charge in [0, 0.05) is 13.7 Å². The van der Waals surface area contributed by atoms with E-state index in [0.717, 1.165) is 18.6 Å². The Morgan fingerprint density at radius 2 is 1.13 bits per heavy atom. The van der Waals surface area contributed by atoms with E-state index in [0.29, 0.717) is 6.42 Å². The summed E-state index contributed by atoms with van der Waals surface area (Å²) in [5, 5.41) is 89.9. The second-order valence-electron chi connectivity index (χ2n) is 14.6. The number of aliphatic hydroxyl groups is 8. The number of rotatable bonds is 16. The highest BCUT2D eigenvalue weighted by Gasteiger charge is 2.54. The third-order valence-corrected chi connectivity index (χ3v) is 10.5. The second kappa shape index (κ2) is 20.7. The molecule has 316 valence electrons. The number of thiol groups is 1. The van der Waals surface area contributed by atoms with Crippen LogP contribution in [-0.4, -0.2) is 195 Å². The fraction of sp³-hybridized carbons (Fsp3) is 0.971. The molecular weight excluding hydrogens is 742 g/mol. The van der Waals surface area contributed by atoms with Gasteiger partial charge in [-0.1, -0.05) is 6.42 Å². The molecule has 0 bridgehead atoms. The third kappa shape index (κ3) is 11.0. The van der Waals surface area contributed by atoms with E-state index in [1.807, 2.05) is 0 Å². The van der Waals surface area contributed by atoms with Gasteiger partial charge in [-0.05, 0) is 53.2 Å². The number of nitrogens with one attached hydrogen (secondary N) is 1. The van der Waals surface area contributed by atoms with Crippen molar-refractivity contribution in [3.8, 4) is 0 Å². The zero-order valence-electron chi connectivity index (χ0n) is 31.5. The fourth-order valence-corrected chi connectivity index (χ4v) is 7.19. The molecule has 4 saturated heterocycles. The van der Waals surface area contributed by atoms with E-state index in [-0.39, 0.29) is 13.0 Å². The minimum absolute atomic E-state index is 0.207. The Kier molecular flexibility index (Phi) is 17.6. The highest BCUT2D eigenvalue weighted by atomic mass is 32.1. The van der Waals surface area contributed by atoms with Crippen LogP contribution in [-0.2, 0) is 47.4 Å². The number of amides is 1. The Morgan fingerprint density at radius 1 is 0.630 bits per heavy atom. The third-order valence-electron chi connectivity index (χ3n) is 10.2. The lowest BCUT2D eigenvalue weighted by atomic mass is 9.95. The summed E-state index contributed by atoms with van der Waals surface area (Å²) in [6.07, 6.45) is -24.4. The maximum Gasteiger partial charge on any atom is 0.222 e. The standard InChI is InChI=1S/C34H61NO18S/c1-13(36)12-18(37)35-19-14(2)47-34(29(45-6)23(19)41)52-28-22(40)17(5)48-31(26(28)44)51-27-21(39)16(4)49-32(25(27)43)53-30-24(42)20(38)15(3)50-33(30)46-10-8-7-9-11-54/h13-17,19-34,36,38-44,54H,7-12H2,1-6H3,(H,35,37)/t13-,14-,15+,16+,17+,19-,20+,21+,22+,23+,24-,25-,26-,27-,28-,29-,30-,31+,32+,33-,34+/m1/s1. The number of carbonyl (C=O) groups is 1. The molecule has 0 spiro atoms. The van der Waals surface area contributed by atoms with Crippen LogP contribution in [0.2, 0.25) is 0 Å². The number of hydrogen-bond acceptors (Lipinski definition) is 19. The van der Waals surface area contributed by atoms with E-state index >= 15 is 0 Å². The van der Waals surface area contributed by atoms with Crippen molar-refractivity contribution in [2.45, 2.75) is 189 Å². The monoisotopic (exact) mass is 803 g/mol. The Labute approximate surface area is 320 Å². The average molecular weight is 804 g/mol. The molecule has 4 heterocycles. The lowest BCUT2D eigenvalue weighted by Gasteiger charge is -2.49. The molecule has 0 radical (unpaired) electrons. The van der Waals surface area contributed by atoms with Crippen LogP contribution in [0, 0.1) is 0 Å². The maximum absolute atomic E-state index is 12.3. The van der Waals surface area contributed by atoms with Crippen LogP contribution >= 0.6 is 12.6 Å². The SMILES string of the molecule is CO[C@H]1[C@H](O[C@@H]2[C@@H](O)[C@H](C)O[C@@H](O[C@@H]3[C@@H](O)[C@H](C)O[C@@H](O[C@H]4[C@H](OCCCCCS)O[C@@H](C)[C@H](O)[C@H]4O)[C@@H]3O)[C@@H]2O)O[C@H](C)[C@@H](NC(=O)C[C@@H](C)O)[C@@H]1O. The van der Waals surface area contributed by atoms with Crippen molar-refractivity contribution in [1.29, 1.82) is 0 Å². The largest absolute Gasteiger partial charge is 0.393 e. The van der Waals surface area contributed by atoms with Gasteiger partial charge in [0.25, 0.3) is 0 Å². The van der Waals surface area contributed by atoms with Crippen molar-refractivity contribution in [3.05, 3.63) is 0 Å². The van der Waals surface area contributed by atoms with Gasteiger partial charge in [-0.15, -0.1) is 0 Å². The molecule has 54 heavy (non-hydrogen) atoms. The normalized spacial score (nSPS) is 46.6. The number of aliphatic hydroxyl groups excluding tert-OH is 8. The average Bonchev–Trinajstić information content (AvgIpc) is 3.11. The number of ether oxygens (including phenoxy) is 9. The Balaban J connectivity index is 1.46. The zero-order valence-corrected chi connectivity index (χ0v) is 32.4. The molecule has 4 rings (SSSR count). The van der Waals surface area contributed by atoms with Gasteiger partial charge in [0.15, 0.2) is 25.2 Å². The summed E-state index contributed by atoms with van der Waals surface area (Å²) in [4.78, 5) is 12.3. The van der Waals surface area contributed by atoms with Crippen molar-refractivity contribution < 1.29 is 88.3 Å². The minimum Gasteiger partial charge on any atom is -0.393 e. The summed E-state index contributed by atoms with van der Waals surface area (Å²) in [7, 11) is 1.27. The molecule has 9 N–H and O–H groups in total. The number of unbranched alkanes of at least 4 members (excludes halogenated alkanes) is 2. The summed E-state index contributed by atoms with van der Waals surface area (Å²) in [6, 6.07) is -0.952. The molecule has 21 atom stereocenters. The van der Waals surface area contributed by atoms with Crippen LogP contribution in [0.15, 0.2) is 0 Å². The molecular formula is C34H61NO18S. The summed E-state index contributed by atoms with van der Waals surface area (Å²) in [5.74, 6) is 0.191. The van der Waals surface area contributed by atoms with Crippen molar-refractivity contribution in [1.82, 2.24) is 5.32 Å². The first-order chi connectivity index (χ1) is 25.5. The van der Waals surface area contributed by atoms with Crippen molar-refractivity contribution in [2.75, 3.05) is 19.5 Å². The molecule has 20 heteroatoms. The molecule has 4 aliphatic rings. The van der Waals surface area contributed by atoms with Crippen LogP contribution in [0.25, 0.3) is 0 Å². The predicted octanol–water partition coefficient (Wildman–Crippen LogP) is -2.97. The van der Waals surface area contributed by atoms with Crippen LogP contribution in [0.3, 0.4) is 0 Å². The number of hydrogen-bond donors (Lipinski definition) is 10. The molecule has 19 nitrogen and oxygen atoms in total. The van der Waals surface area contributed by atoms with Crippen LogP contribution in [0.4, 0.5) is 0 Å². The highest BCUT2D eigenvalue weighted by Crippen LogP contribution is 2.35. The fourth-order valence-electron chi connectivity index (χ4n) is 6.97. The molecule has 0 aliphatic carbocycles. The molecule has 0 aromatic heterocycles. The Morgan fingerprint density at radius 3 is 1.67 bits per heavy atom. The lowest BCUT2D eigenvalue weighted by Crippen LogP contribution is -2.67. The van der Waals surface area contributed by atoms with E-state index in [1.54, 1.807) is 13.8 Å². The summed E-state index contributed by atoms with van der Waals surface area (Å²) in [5.41, 5.74) is 0. The highest BCUT2D eigenvalue weighted by molar-refractivity contribution is 7.80. The molecule has 0 saturated carbocycles. The van der Waals surface area contributed by atoms with Crippen LogP contribution in [0.1, 0.15) is 60.3 Å². The van der Waals surface area contributed by atoms with E-state index < -0.39 is 135 Å². The maximum atomic E-state index is 12.3. The van der Waals surface area contributed by atoms with E-state index in [1.165, 1.54) is 27.9 Å². The first-order valence-electron chi connectivity index (χ1n) is 18.6. The van der Waals surface area contributed by atoms with Gasteiger partial charge in [0.2, 0.25) is 5.91 Å². The molecule has 0 aromatic rings.